The van der Waals surface area contributed by atoms with Gasteiger partial charge in [0.2, 0.25) is 5.91 Å². The molecule has 0 saturated heterocycles. The van der Waals surface area contributed by atoms with Gasteiger partial charge in [-0.2, -0.15) is 5.10 Å². The molecule has 164 valence electrons. The van der Waals surface area contributed by atoms with Crippen molar-refractivity contribution in [2.24, 2.45) is 10.8 Å². The van der Waals surface area contributed by atoms with Crippen LogP contribution in [0.25, 0.3) is 0 Å². The zero-order chi connectivity index (χ0) is 22.4. The minimum atomic E-state index is -0.786. The lowest BCUT2D eigenvalue weighted by Gasteiger charge is -2.20. The third-order valence-corrected chi connectivity index (χ3v) is 4.97. The molecule has 10 nitrogen and oxygen atoms in total. The van der Waals surface area contributed by atoms with Crippen molar-refractivity contribution in [3.8, 4) is 0 Å². The van der Waals surface area contributed by atoms with Gasteiger partial charge in [0.1, 0.15) is 17.5 Å². The summed E-state index contributed by atoms with van der Waals surface area (Å²) in [4.78, 5) is 38.7. The fourth-order valence-electron chi connectivity index (χ4n) is 3.19. The van der Waals surface area contributed by atoms with Gasteiger partial charge in [0, 0.05) is 6.42 Å². The summed E-state index contributed by atoms with van der Waals surface area (Å²) < 4.78 is 5.56. The number of nitrogens with two attached hydrogens (primary N) is 1. The molecule has 0 aliphatic carbocycles. The maximum atomic E-state index is 12.5. The normalized spacial score (nSPS) is 15.6. The van der Waals surface area contributed by atoms with Crippen LogP contribution >= 0.6 is 0 Å². The van der Waals surface area contributed by atoms with Gasteiger partial charge in [-0.05, 0) is 37.4 Å². The van der Waals surface area contributed by atoms with E-state index in [-0.39, 0.29) is 17.9 Å². The Bertz CT molecular complexity index is 967. The van der Waals surface area contributed by atoms with Gasteiger partial charge in [0.05, 0.1) is 12.2 Å². The Labute approximate surface area is 180 Å². The Hall–Kier alpha value is -3.66. The Morgan fingerprint density at radius 2 is 1.77 bits per heavy atom. The van der Waals surface area contributed by atoms with E-state index in [0.717, 1.165) is 13.1 Å². The molecule has 1 unspecified atom stereocenters. The molecule has 3 rings (SSSR count). The number of nitrogens with one attached hydrogen (secondary N) is 2. The lowest BCUT2D eigenvalue weighted by atomic mass is 10.1. The molecule has 0 spiro atoms. The van der Waals surface area contributed by atoms with Crippen LogP contribution < -0.4 is 21.6 Å². The summed E-state index contributed by atoms with van der Waals surface area (Å²) in [6, 6.07) is 11.4. The molecule has 2 heterocycles. The summed E-state index contributed by atoms with van der Waals surface area (Å²) in [5.41, 5.74) is 10.8. The highest BCUT2D eigenvalue weighted by molar-refractivity contribution is 6.40. The molecule has 0 radical (unpaired) electrons. The molecule has 3 amide bonds. The number of amides is 3. The number of furan rings is 1. The topological polar surface area (TPSA) is 133 Å². The Morgan fingerprint density at radius 1 is 1.10 bits per heavy atom. The molecule has 4 N–H and O–H groups in total. The van der Waals surface area contributed by atoms with Gasteiger partial charge >= 0.3 is 5.91 Å². The van der Waals surface area contributed by atoms with Gasteiger partial charge in [-0.25, -0.2) is 0 Å². The van der Waals surface area contributed by atoms with Gasteiger partial charge in [-0.1, -0.05) is 32.0 Å². The fourth-order valence-corrected chi connectivity index (χ4v) is 3.19. The van der Waals surface area contributed by atoms with E-state index in [1.165, 1.54) is 5.01 Å². The van der Waals surface area contributed by atoms with Crippen molar-refractivity contribution in [2.75, 3.05) is 18.1 Å². The minimum Gasteiger partial charge on any atom is -0.454 e. The number of hydrazone groups is 1. The SMILES string of the molecule is CCN(CC)Cc1ccc(C(=O)NNC(=O)C2=NN(c3ccccc3)C(C(N)=O)C2)o1. The van der Waals surface area contributed by atoms with Gasteiger partial charge < -0.3 is 10.2 Å². The Morgan fingerprint density at radius 3 is 2.42 bits per heavy atom. The van der Waals surface area contributed by atoms with Crippen LogP contribution in [0.2, 0.25) is 0 Å². The summed E-state index contributed by atoms with van der Waals surface area (Å²) >= 11 is 0. The smallest absolute Gasteiger partial charge is 0.305 e. The number of hydrogen-bond acceptors (Lipinski definition) is 7. The maximum Gasteiger partial charge on any atom is 0.305 e. The summed E-state index contributed by atoms with van der Waals surface area (Å²) in [7, 11) is 0. The second kappa shape index (κ2) is 9.90. The molecule has 0 saturated carbocycles. The number of para-hydroxylation sites is 1. The summed E-state index contributed by atoms with van der Waals surface area (Å²) in [5.74, 6) is -1.09. The van der Waals surface area contributed by atoms with E-state index in [9.17, 15) is 14.4 Å². The first kappa shape index (κ1) is 22.0. The van der Waals surface area contributed by atoms with Crippen LogP contribution in [-0.2, 0) is 16.1 Å². The van der Waals surface area contributed by atoms with Crippen LogP contribution in [0, 0.1) is 0 Å². The molecule has 1 aromatic carbocycles. The molecule has 1 aromatic heterocycles. The minimum absolute atomic E-state index is 0.0285. The van der Waals surface area contributed by atoms with Crippen LogP contribution in [0.15, 0.2) is 52.0 Å². The first-order chi connectivity index (χ1) is 14.9. The second-order valence-electron chi connectivity index (χ2n) is 6.98. The number of carbonyl (C=O) groups excluding carboxylic acids is 3. The molecule has 1 aliphatic heterocycles. The zero-order valence-electron chi connectivity index (χ0n) is 17.5. The van der Waals surface area contributed by atoms with Crippen molar-refractivity contribution in [1.82, 2.24) is 15.8 Å². The average Bonchev–Trinajstić information content (AvgIpc) is 3.44. The van der Waals surface area contributed by atoms with Gasteiger partial charge in [0.25, 0.3) is 5.91 Å². The largest absolute Gasteiger partial charge is 0.454 e. The number of benzene rings is 1. The number of primary amides is 1. The zero-order valence-corrected chi connectivity index (χ0v) is 17.5. The Kier molecular flexibility index (Phi) is 7.03. The van der Waals surface area contributed by atoms with E-state index in [1.54, 1.807) is 36.4 Å². The molecular formula is C21H26N6O4. The van der Waals surface area contributed by atoms with Crippen molar-refractivity contribution in [3.05, 3.63) is 54.0 Å². The number of hydrazine groups is 1. The highest BCUT2D eigenvalue weighted by Crippen LogP contribution is 2.24. The second-order valence-corrected chi connectivity index (χ2v) is 6.98. The lowest BCUT2D eigenvalue weighted by Crippen LogP contribution is -2.45. The van der Waals surface area contributed by atoms with Crippen molar-refractivity contribution in [3.63, 3.8) is 0 Å². The van der Waals surface area contributed by atoms with Crippen LogP contribution in [0.1, 0.15) is 36.6 Å². The molecular weight excluding hydrogens is 400 g/mol. The maximum absolute atomic E-state index is 12.5. The number of nitrogens with zero attached hydrogens (tertiary/aromatic N) is 3. The van der Waals surface area contributed by atoms with E-state index in [4.69, 9.17) is 10.2 Å². The highest BCUT2D eigenvalue weighted by Gasteiger charge is 2.35. The lowest BCUT2D eigenvalue weighted by molar-refractivity contribution is -0.119. The molecule has 31 heavy (non-hydrogen) atoms. The van der Waals surface area contributed by atoms with E-state index in [2.05, 4.69) is 20.9 Å². The molecule has 0 bridgehead atoms. The summed E-state index contributed by atoms with van der Waals surface area (Å²) in [6.07, 6.45) is 0.0285. The Balaban J connectivity index is 1.61. The molecule has 10 heteroatoms. The average molecular weight is 426 g/mol. The standard InChI is InChI=1S/C21H26N6O4/c1-3-26(4-2)13-15-10-11-18(31-15)21(30)24-23-20(29)16-12-17(19(22)28)27(25-16)14-8-6-5-7-9-14/h5-11,17H,3-4,12-13H2,1-2H3,(H2,22,28)(H,23,29)(H,24,30). The summed E-state index contributed by atoms with van der Waals surface area (Å²) in [6.45, 7) is 6.41. The van der Waals surface area contributed by atoms with Crippen molar-refractivity contribution in [1.29, 1.82) is 0 Å². The highest BCUT2D eigenvalue weighted by atomic mass is 16.4. The predicted octanol–water partition coefficient (Wildman–Crippen LogP) is 1.00. The molecule has 1 atom stereocenters. The van der Waals surface area contributed by atoms with Crippen LogP contribution in [0.3, 0.4) is 0 Å². The molecule has 0 fully saturated rings. The van der Waals surface area contributed by atoms with Gasteiger partial charge in [0.15, 0.2) is 5.76 Å². The van der Waals surface area contributed by atoms with Gasteiger partial charge in [-0.15, -0.1) is 0 Å². The number of carbonyl (C=O) groups is 3. The number of anilines is 1. The molecule has 1 aliphatic rings. The summed E-state index contributed by atoms with van der Waals surface area (Å²) in [5, 5.41) is 5.63. The third kappa shape index (κ3) is 5.28. The van der Waals surface area contributed by atoms with Crippen molar-refractivity contribution >= 4 is 29.1 Å². The van der Waals surface area contributed by atoms with Gasteiger partial charge in [-0.3, -0.25) is 35.1 Å². The quantitative estimate of drug-likeness (QED) is 0.540. The number of rotatable bonds is 8. The fraction of sp³-hybridized carbons (Fsp3) is 0.333. The van der Waals surface area contributed by atoms with Crippen LogP contribution in [0.5, 0.6) is 0 Å². The first-order valence-corrected chi connectivity index (χ1v) is 10.1. The van der Waals surface area contributed by atoms with Crippen LogP contribution in [-0.4, -0.2) is 47.5 Å². The first-order valence-electron chi connectivity index (χ1n) is 10.1. The van der Waals surface area contributed by atoms with Crippen LogP contribution in [0.4, 0.5) is 5.69 Å². The predicted molar refractivity (Wildman–Crippen MR) is 115 cm³/mol. The van der Waals surface area contributed by atoms with Crippen molar-refractivity contribution < 1.29 is 18.8 Å². The van der Waals surface area contributed by atoms with Crippen molar-refractivity contribution in [2.45, 2.75) is 32.9 Å². The van der Waals surface area contributed by atoms with E-state index in [0.29, 0.717) is 18.0 Å². The third-order valence-electron chi connectivity index (χ3n) is 4.97. The van der Waals surface area contributed by atoms with E-state index >= 15 is 0 Å². The number of hydrogen-bond donors (Lipinski definition) is 3. The van der Waals surface area contributed by atoms with E-state index < -0.39 is 23.8 Å². The monoisotopic (exact) mass is 426 g/mol. The van der Waals surface area contributed by atoms with E-state index in [1.807, 2.05) is 19.9 Å². The molecule has 2 aromatic rings.